The van der Waals surface area contributed by atoms with Crippen molar-refractivity contribution < 1.29 is 14.0 Å². The highest BCUT2D eigenvalue weighted by molar-refractivity contribution is 6.28. The van der Waals surface area contributed by atoms with Crippen LogP contribution >= 0.6 is 0 Å². The highest BCUT2D eigenvalue weighted by Gasteiger charge is 2.30. The van der Waals surface area contributed by atoms with Crippen LogP contribution in [0.25, 0.3) is 0 Å². The Bertz CT molecular complexity index is 869. The lowest BCUT2D eigenvalue weighted by Crippen LogP contribution is -2.30. The van der Waals surface area contributed by atoms with Crippen molar-refractivity contribution in [3.8, 4) is 0 Å². The highest BCUT2D eigenvalue weighted by atomic mass is 19.1. The van der Waals surface area contributed by atoms with Gasteiger partial charge in [0.1, 0.15) is 17.1 Å². The van der Waals surface area contributed by atoms with Crippen molar-refractivity contribution in [3.63, 3.8) is 0 Å². The predicted molar refractivity (Wildman–Crippen MR) is 97.1 cm³/mol. The lowest BCUT2D eigenvalue weighted by molar-refractivity contribution is -0.136. The minimum atomic E-state index is -0.534. The zero-order valence-corrected chi connectivity index (χ0v) is 14.3. The highest BCUT2D eigenvalue weighted by Crippen LogP contribution is 2.29. The third-order valence-corrected chi connectivity index (χ3v) is 4.94. The number of piperidine rings is 1. The summed E-state index contributed by atoms with van der Waals surface area (Å²) in [6.07, 6.45) is 3.78. The topological polar surface area (TPSA) is 41.9 Å². The van der Waals surface area contributed by atoms with Crippen LogP contribution in [0.1, 0.15) is 29.9 Å². The molecule has 0 amide bonds. The second-order valence-corrected chi connectivity index (χ2v) is 6.56. The van der Waals surface area contributed by atoms with Gasteiger partial charge in [0, 0.05) is 24.9 Å². The lowest BCUT2D eigenvalue weighted by atomic mass is 9.89. The Kier molecular flexibility index (Phi) is 4.52. The molecule has 132 valence electrons. The molecular weight excluding hydrogens is 331 g/mol. The molecular formula is C21H19FN2O2. The fourth-order valence-electron chi connectivity index (χ4n) is 3.51. The van der Waals surface area contributed by atoms with Gasteiger partial charge in [0.15, 0.2) is 0 Å². The maximum atomic E-state index is 14.1. The molecule has 2 aromatic carbocycles. The van der Waals surface area contributed by atoms with Crippen LogP contribution in [-0.2, 0) is 9.63 Å². The second-order valence-electron chi connectivity index (χ2n) is 6.56. The van der Waals surface area contributed by atoms with Crippen molar-refractivity contribution in [2.24, 2.45) is 5.16 Å². The van der Waals surface area contributed by atoms with Crippen LogP contribution in [0, 0.1) is 5.82 Å². The van der Waals surface area contributed by atoms with Crippen LogP contribution in [0.5, 0.6) is 0 Å². The number of oxime groups is 1. The summed E-state index contributed by atoms with van der Waals surface area (Å²) in [6, 6.07) is 16.8. The van der Waals surface area contributed by atoms with Crippen LogP contribution in [0.3, 0.4) is 0 Å². The summed E-state index contributed by atoms with van der Waals surface area (Å²) >= 11 is 0. The Morgan fingerprint density at radius 1 is 1.04 bits per heavy atom. The Morgan fingerprint density at radius 2 is 1.73 bits per heavy atom. The van der Waals surface area contributed by atoms with Gasteiger partial charge in [0.25, 0.3) is 0 Å². The first kappa shape index (κ1) is 16.5. The number of benzene rings is 2. The quantitative estimate of drug-likeness (QED) is 0.624. The largest absolute Gasteiger partial charge is 0.377 e. The van der Waals surface area contributed by atoms with Crippen molar-refractivity contribution in [1.29, 1.82) is 0 Å². The molecule has 0 N–H and O–H groups in total. The number of halogens is 1. The van der Waals surface area contributed by atoms with Gasteiger partial charge in [-0.05, 0) is 36.5 Å². The monoisotopic (exact) mass is 350 g/mol. The van der Waals surface area contributed by atoms with E-state index in [1.807, 2.05) is 6.07 Å². The molecule has 2 aliphatic heterocycles. The molecule has 26 heavy (non-hydrogen) atoms. The van der Waals surface area contributed by atoms with Gasteiger partial charge in [-0.25, -0.2) is 9.18 Å². The Labute approximate surface area is 151 Å². The molecule has 2 aliphatic rings. The van der Waals surface area contributed by atoms with Crippen molar-refractivity contribution in [3.05, 3.63) is 83.3 Å². The van der Waals surface area contributed by atoms with E-state index in [9.17, 15) is 9.18 Å². The van der Waals surface area contributed by atoms with E-state index in [2.05, 4.69) is 34.3 Å². The Balaban J connectivity index is 1.50. The summed E-state index contributed by atoms with van der Waals surface area (Å²) in [5.74, 6) is -0.423. The van der Waals surface area contributed by atoms with E-state index in [-0.39, 0.29) is 11.3 Å². The van der Waals surface area contributed by atoms with E-state index in [0.717, 1.165) is 25.9 Å². The van der Waals surface area contributed by atoms with Gasteiger partial charge in [-0.2, -0.15) is 0 Å². The average molecular weight is 350 g/mol. The molecule has 0 saturated carbocycles. The van der Waals surface area contributed by atoms with Crippen molar-refractivity contribution >= 4 is 11.7 Å². The van der Waals surface area contributed by atoms with E-state index in [1.54, 1.807) is 24.4 Å². The first-order valence-electron chi connectivity index (χ1n) is 8.78. The van der Waals surface area contributed by atoms with Gasteiger partial charge in [0.2, 0.25) is 0 Å². The average Bonchev–Trinajstić information content (AvgIpc) is 3.04. The first-order valence-corrected chi connectivity index (χ1v) is 8.78. The number of carbonyl (C=O) groups is 1. The van der Waals surface area contributed by atoms with Crippen LogP contribution < -0.4 is 0 Å². The van der Waals surface area contributed by atoms with E-state index in [0.29, 0.717) is 11.5 Å². The number of hydrogen-bond donors (Lipinski definition) is 0. The minimum absolute atomic E-state index is 0.262. The third kappa shape index (κ3) is 3.25. The molecule has 2 heterocycles. The van der Waals surface area contributed by atoms with Crippen molar-refractivity contribution in [1.82, 2.24) is 4.90 Å². The molecule has 0 unspecified atom stereocenters. The van der Waals surface area contributed by atoms with Gasteiger partial charge in [-0.15, -0.1) is 0 Å². The molecule has 1 fully saturated rings. The zero-order chi connectivity index (χ0) is 17.9. The molecule has 0 aliphatic carbocycles. The van der Waals surface area contributed by atoms with Crippen LogP contribution in [0.15, 0.2) is 71.5 Å². The van der Waals surface area contributed by atoms with Gasteiger partial charge in [-0.1, -0.05) is 47.6 Å². The second kappa shape index (κ2) is 7.12. The van der Waals surface area contributed by atoms with E-state index >= 15 is 0 Å². The molecule has 0 radical (unpaired) electrons. The zero-order valence-electron chi connectivity index (χ0n) is 14.3. The molecule has 2 aromatic rings. The van der Waals surface area contributed by atoms with Gasteiger partial charge >= 0.3 is 5.97 Å². The molecule has 1 saturated heterocycles. The smallest absolute Gasteiger partial charge is 0.369 e. The Morgan fingerprint density at radius 3 is 2.46 bits per heavy atom. The summed E-state index contributed by atoms with van der Waals surface area (Å²) in [6.45, 7) is 1.67. The molecule has 0 atom stereocenters. The molecule has 4 rings (SSSR count). The maximum Gasteiger partial charge on any atom is 0.369 e. The first-order chi connectivity index (χ1) is 12.7. The normalized spacial score (nSPS) is 19.6. The van der Waals surface area contributed by atoms with E-state index < -0.39 is 11.8 Å². The molecule has 4 nitrogen and oxygen atoms in total. The van der Waals surface area contributed by atoms with Crippen molar-refractivity contribution in [2.75, 3.05) is 13.1 Å². The SMILES string of the molecule is O=C1ON=C(c2ccccc2F)/C1=C/N1CCC(c2ccccc2)CC1. The fourth-order valence-corrected chi connectivity index (χ4v) is 3.51. The lowest BCUT2D eigenvalue weighted by Gasteiger charge is -2.31. The van der Waals surface area contributed by atoms with Gasteiger partial charge in [-0.3, -0.25) is 0 Å². The minimum Gasteiger partial charge on any atom is -0.377 e. The van der Waals surface area contributed by atoms with Crippen LogP contribution in [0.2, 0.25) is 0 Å². The number of nitrogens with zero attached hydrogens (tertiary/aromatic N) is 2. The fraction of sp³-hybridized carbons (Fsp3) is 0.238. The van der Waals surface area contributed by atoms with E-state index in [1.165, 1.54) is 11.6 Å². The third-order valence-electron chi connectivity index (χ3n) is 4.94. The van der Waals surface area contributed by atoms with Crippen LogP contribution in [0.4, 0.5) is 4.39 Å². The molecule has 0 aromatic heterocycles. The summed E-state index contributed by atoms with van der Waals surface area (Å²) in [5.41, 5.74) is 2.21. The van der Waals surface area contributed by atoms with Crippen molar-refractivity contribution in [2.45, 2.75) is 18.8 Å². The number of hydrogen-bond acceptors (Lipinski definition) is 4. The summed E-state index contributed by atoms with van der Waals surface area (Å²) in [5, 5.41) is 3.79. The summed E-state index contributed by atoms with van der Waals surface area (Å²) in [7, 11) is 0. The number of likely N-dealkylation sites (tertiary alicyclic amines) is 1. The van der Waals surface area contributed by atoms with E-state index in [4.69, 9.17) is 4.84 Å². The molecule has 0 spiro atoms. The number of carbonyl (C=O) groups excluding carboxylic acids is 1. The number of rotatable bonds is 3. The molecule has 0 bridgehead atoms. The summed E-state index contributed by atoms with van der Waals surface area (Å²) < 4.78 is 14.1. The molecule has 5 heteroatoms. The standard InChI is InChI=1S/C21H19FN2O2/c22-19-9-5-4-8-17(19)20-18(21(25)26-23-20)14-24-12-10-16(11-13-24)15-6-2-1-3-7-15/h1-9,14,16H,10-13H2/b18-14-. The Hall–Kier alpha value is -2.95. The maximum absolute atomic E-state index is 14.1. The summed E-state index contributed by atoms with van der Waals surface area (Å²) in [4.78, 5) is 19.0. The van der Waals surface area contributed by atoms with Gasteiger partial charge < -0.3 is 9.74 Å². The van der Waals surface area contributed by atoms with Gasteiger partial charge in [0.05, 0.1) is 0 Å². The predicted octanol–water partition coefficient (Wildman–Crippen LogP) is 3.85. The van der Waals surface area contributed by atoms with Crippen LogP contribution in [-0.4, -0.2) is 29.7 Å².